The summed E-state index contributed by atoms with van der Waals surface area (Å²) >= 11 is 0. The molecule has 4 heteroatoms. The summed E-state index contributed by atoms with van der Waals surface area (Å²) in [6.45, 7) is 18.9. The SMILES string of the molecule is CC(C)(C)c1cc(C(=O)NCCC[NH+]2CCOCC2)cc(C(C)(C)C)c1. The Labute approximate surface area is 159 Å². The molecule has 0 aromatic heterocycles. The Balaban J connectivity index is 2.00. The highest BCUT2D eigenvalue weighted by atomic mass is 16.5. The summed E-state index contributed by atoms with van der Waals surface area (Å²) in [6.07, 6.45) is 1.01. The molecule has 2 rings (SSSR count). The number of amides is 1. The summed E-state index contributed by atoms with van der Waals surface area (Å²) in [7, 11) is 0. The lowest BCUT2D eigenvalue weighted by atomic mass is 9.79. The molecule has 0 aliphatic carbocycles. The third-order valence-electron chi connectivity index (χ3n) is 5.12. The summed E-state index contributed by atoms with van der Waals surface area (Å²) in [6, 6.07) is 6.36. The van der Waals surface area contributed by atoms with E-state index in [0.29, 0.717) is 0 Å². The van der Waals surface area contributed by atoms with Gasteiger partial charge in [-0.2, -0.15) is 0 Å². The van der Waals surface area contributed by atoms with Crippen LogP contribution in [0.5, 0.6) is 0 Å². The molecule has 4 nitrogen and oxygen atoms in total. The van der Waals surface area contributed by atoms with Crippen LogP contribution in [0, 0.1) is 0 Å². The van der Waals surface area contributed by atoms with Crippen molar-refractivity contribution in [3.05, 3.63) is 34.9 Å². The molecule has 1 aromatic rings. The lowest BCUT2D eigenvalue weighted by molar-refractivity contribution is -0.908. The summed E-state index contributed by atoms with van der Waals surface area (Å²) in [5.74, 6) is 0.0403. The smallest absolute Gasteiger partial charge is 0.251 e. The zero-order chi connectivity index (χ0) is 19.4. The quantitative estimate of drug-likeness (QED) is 0.791. The molecule has 0 saturated carbocycles. The van der Waals surface area contributed by atoms with E-state index in [1.807, 2.05) is 0 Å². The summed E-state index contributed by atoms with van der Waals surface area (Å²) in [4.78, 5) is 14.3. The van der Waals surface area contributed by atoms with Crippen molar-refractivity contribution in [3.63, 3.8) is 0 Å². The second-order valence-corrected chi connectivity index (χ2v) is 9.52. The Bertz CT molecular complexity index is 573. The fourth-order valence-electron chi connectivity index (χ4n) is 3.18. The molecule has 1 heterocycles. The number of rotatable bonds is 5. The summed E-state index contributed by atoms with van der Waals surface area (Å²) < 4.78 is 5.39. The molecule has 146 valence electrons. The standard InChI is InChI=1S/C22H36N2O2/c1-21(2,3)18-14-17(15-19(16-18)22(4,5)6)20(25)23-8-7-9-24-10-12-26-13-11-24/h14-16H,7-13H2,1-6H3,(H,23,25)/p+1. The van der Waals surface area contributed by atoms with Crippen molar-refractivity contribution in [2.24, 2.45) is 0 Å². The van der Waals surface area contributed by atoms with Crippen molar-refractivity contribution >= 4 is 5.91 Å². The molecule has 1 aliphatic rings. The van der Waals surface area contributed by atoms with Gasteiger partial charge in [-0.3, -0.25) is 4.79 Å². The number of morpholine rings is 1. The molecule has 1 saturated heterocycles. The maximum absolute atomic E-state index is 12.7. The number of hydrogen-bond donors (Lipinski definition) is 2. The first-order valence-corrected chi connectivity index (χ1v) is 9.93. The number of ether oxygens (including phenoxy) is 1. The molecular formula is C22H37N2O2+. The van der Waals surface area contributed by atoms with Gasteiger partial charge in [0.2, 0.25) is 0 Å². The number of hydrogen-bond acceptors (Lipinski definition) is 2. The molecular weight excluding hydrogens is 324 g/mol. The minimum Gasteiger partial charge on any atom is -0.370 e. The highest BCUT2D eigenvalue weighted by molar-refractivity contribution is 5.94. The van der Waals surface area contributed by atoms with Crippen molar-refractivity contribution in [2.45, 2.75) is 58.8 Å². The molecule has 1 amide bonds. The summed E-state index contributed by atoms with van der Waals surface area (Å²) in [5.41, 5.74) is 3.26. The predicted molar refractivity (Wildman–Crippen MR) is 107 cm³/mol. The average Bonchev–Trinajstić information content (AvgIpc) is 2.57. The van der Waals surface area contributed by atoms with Crippen molar-refractivity contribution < 1.29 is 14.4 Å². The molecule has 1 aromatic carbocycles. The van der Waals surface area contributed by atoms with Crippen LogP contribution in [0.1, 0.15) is 69.4 Å². The van der Waals surface area contributed by atoms with E-state index in [2.05, 4.69) is 65.1 Å². The topological polar surface area (TPSA) is 42.8 Å². The Kier molecular flexibility index (Phi) is 6.86. The second kappa shape index (κ2) is 8.53. The van der Waals surface area contributed by atoms with Gasteiger partial charge in [-0.05, 0) is 34.1 Å². The zero-order valence-corrected chi connectivity index (χ0v) is 17.5. The van der Waals surface area contributed by atoms with E-state index in [0.717, 1.165) is 51.4 Å². The molecule has 0 unspecified atom stereocenters. The van der Waals surface area contributed by atoms with Gasteiger partial charge >= 0.3 is 0 Å². The van der Waals surface area contributed by atoms with Crippen molar-refractivity contribution in [2.75, 3.05) is 39.4 Å². The molecule has 0 atom stereocenters. The molecule has 0 spiro atoms. The van der Waals surface area contributed by atoms with Crippen LogP contribution in [0.4, 0.5) is 0 Å². The third kappa shape index (κ3) is 6.10. The minimum absolute atomic E-state index is 0.0238. The monoisotopic (exact) mass is 361 g/mol. The molecule has 2 N–H and O–H groups in total. The minimum atomic E-state index is 0.0238. The maximum Gasteiger partial charge on any atom is 0.251 e. The fraction of sp³-hybridized carbons (Fsp3) is 0.682. The molecule has 26 heavy (non-hydrogen) atoms. The van der Waals surface area contributed by atoms with E-state index in [1.165, 1.54) is 11.1 Å². The van der Waals surface area contributed by atoms with Gasteiger partial charge in [0, 0.05) is 18.5 Å². The second-order valence-electron chi connectivity index (χ2n) is 9.52. The Hall–Kier alpha value is -1.39. The van der Waals surface area contributed by atoms with Gasteiger partial charge in [0.25, 0.3) is 5.91 Å². The Morgan fingerprint density at radius 2 is 1.54 bits per heavy atom. The predicted octanol–water partition coefficient (Wildman–Crippen LogP) is 2.32. The van der Waals surface area contributed by atoms with Gasteiger partial charge < -0.3 is 15.0 Å². The number of quaternary nitrogens is 1. The van der Waals surface area contributed by atoms with Crippen LogP contribution in [-0.2, 0) is 15.6 Å². The number of carbonyl (C=O) groups is 1. The molecule has 1 aliphatic heterocycles. The van der Waals surface area contributed by atoms with E-state index in [4.69, 9.17) is 4.74 Å². The Morgan fingerprint density at radius 1 is 1.00 bits per heavy atom. The van der Waals surface area contributed by atoms with E-state index >= 15 is 0 Å². The van der Waals surface area contributed by atoms with Gasteiger partial charge in [-0.25, -0.2) is 0 Å². The van der Waals surface area contributed by atoms with Crippen molar-refractivity contribution in [3.8, 4) is 0 Å². The Morgan fingerprint density at radius 3 is 2.04 bits per heavy atom. The molecule has 0 bridgehead atoms. The first kappa shape index (κ1) is 20.9. The van der Waals surface area contributed by atoms with Crippen LogP contribution >= 0.6 is 0 Å². The van der Waals surface area contributed by atoms with Crippen LogP contribution in [-0.4, -0.2) is 45.3 Å². The van der Waals surface area contributed by atoms with Crippen LogP contribution < -0.4 is 10.2 Å². The number of nitrogens with one attached hydrogen (secondary N) is 2. The van der Waals surface area contributed by atoms with Crippen LogP contribution in [0.15, 0.2) is 18.2 Å². The van der Waals surface area contributed by atoms with E-state index < -0.39 is 0 Å². The molecule has 1 fully saturated rings. The lowest BCUT2D eigenvalue weighted by Crippen LogP contribution is -3.14. The third-order valence-corrected chi connectivity index (χ3v) is 5.12. The highest BCUT2D eigenvalue weighted by Crippen LogP contribution is 2.30. The highest BCUT2D eigenvalue weighted by Gasteiger charge is 2.22. The normalized spacial score (nSPS) is 16.5. The van der Waals surface area contributed by atoms with Crippen LogP contribution in [0.2, 0.25) is 0 Å². The largest absolute Gasteiger partial charge is 0.370 e. The van der Waals surface area contributed by atoms with Crippen molar-refractivity contribution in [1.29, 1.82) is 0 Å². The van der Waals surface area contributed by atoms with Gasteiger partial charge in [-0.1, -0.05) is 47.6 Å². The van der Waals surface area contributed by atoms with E-state index in [9.17, 15) is 4.79 Å². The number of carbonyl (C=O) groups excluding carboxylic acids is 1. The van der Waals surface area contributed by atoms with Crippen LogP contribution in [0.3, 0.4) is 0 Å². The van der Waals surface area contributed by atoms with Gasteiger partial charge in [0.05, 0.1) is 19.8 Å². The van der Waals surface area contributed by atoms with Crippen molar-refractivity contribution in [1.82, 2.24) is 5.32 Å². The van der Waals surface area contributed by atoms with Crippen LogP contribution in [0.25, 0.3) is 0 Å². The fourth-order valence-corrected chi connectivity index (χ4v) is 3.18. The van der Waals surface area contributed by atoms with E-state index in [-0.39, 0.29) is 16.7 Å². The number of benzene rings is 1. The first-order chi connectivity index (χ1) is 12.1. The first-order valence-electron chi connectivity index (χ1n) is 9.93. The average molecular weight is 362 g/mol. The molecule has 0 radical (unpaired) electrons. The van der Waals surface area contributed by atoms with Gasteiger partial charge in [-0.15, -0.1) is 0 Å². The lowest BCUT2D eigenvalue weighted by Gasteiger charge is -2.26. The summed E-state index contributed by atoms with van der Waals surface area (Å²) in [5, 5.41) is 3.11. The van der Waals surface area contributed by atoms with E-state index in [1.54, 1.807) is 4.90 Å². The zero-order valence-electron chi connectivity index (χ0n) is 17.5. The van der Waals surface area contributed by atoms with Gasteiger partial charge in [0.15, 0.2) is 0 Å². The maximum atomic E-state index is 12.7. The van der Waals surface area contributed by atoms with Gasteiger partial charge in [0.1, 0.15) is 13.1 Å².